The van der Waals surface area contributed by atoms with Gasteiger partial charge in [0, 0.05) is 31.7 Å². The summed E-state index contributed by atoms with van der Waals surface area (Å²) in [6, 6.07) is 8.16. The summed E-state index contributed by atoms with van der Waals surface area (Å²) in [6.07, 6.45) is 9.76. The molecule has 0 N–H and O–H groups in total. The summed E-state index contributed by atoms with van der Waals surface area (Å²) < 4.78 is 1.68. The van der Waals surface area contributed by atoms with Gasteiger partial charge < -0.3 is 9.80 Å². The molecule has 1 aliphatic carbocycles. The van der Waals surface area contributed by atoms with Crippen molar-refractivity contribution in [1.29, 1.82) is 0 Å². The molecule has 1 fully saturated rings. The molecule has 6 heteroatoms. The molecule has 0 atom stereocenters. The lowest BCUT2D eigenvalue weighted by atomic mass is 9.94. The van der Waals surface area contributed by atoms with Gasteiger partial charge in [-0.05, 0) is 44.2 Å². The first-order chi connectivity index (χ1) is 12.1. The quantitative estimate of drug-likeness (QED) is 0.810. The molecule has 6 nitrogen and oxygen atoms in total. The van der Waals surface area contributed by atoms with E-state index in [0.717, 1.165) is 18.8 Å². The second-order valence-corrected chi connectivity index (χ2v) is 6.89. The Balaban J connectivity index is 1.53. The van der Waals surface area contributed by atoms with Gasteiger partial charge in [-0.15, -0.1) is 0 Å². The predicted octanol–water partition coefficient (Wildman–Crippen LogP) is 2.60. The minimum absolute atomic E-state index is 0.0576. The van der Waals surface area contributed by atoms with Crippen LogP contribution in [0.3, 0.4) is 0 Å². The third-order valence-corrected chi connectivity index (χ3v) is 5.13. The normalized spacial score (nSPS) is 15.5. The summed E-state index contributed by atoms with van der Waals surface area (Å²) in [5.74, 6) is 0.0576. The maximum atomic E-state index is 12.6. The van der Waals surface area contributed by atoms with Crippen molar-refractivity contribution in [3.05, 3.63) is 42.5 Å². The topological polar surface area (TPSA) is 54.3 Å². The Morgan fingerprint density at radius 1 is 1.12 bits per heavy atom. The molecule has 134 valence electrons. The van der Waals surface area contributed by atoms with Gasteiger partial charge in [-0.1, -0.05) is 19.3 Å². The molecule has 1 saturated carbocycles. The molecule has 0 bridgehead atoms. The van der Waals surface area contributed by atoms with Crippen molar-refractivity contribution in [2.24, 2.45) is 0 Å². The SMILES string of the molecule is CN(CCN(C)C1CCCCC1)C(=O)c1ccc(-n2cncn2)cc1. The molecule has 25 heavy (non-hydrogen) atoms. The van der Waals surface area contributed by atoms with E-state index in [1.54, 1.807) is 11.0 Å². The van der Waals surface area contributed by atoms with E-state index >= 15 is 0 Å². The minimum atomic E-state index is 0.0576. The van der Waals surface area contributed by atoms with Gasteiger partial charge in [0.15, 0.2) is 0 Å². The smallest absolute Gasteiger partial charge is 0.253 e. The number of hydrogen-bond acceptors (Lipinski definition) is 4. The zero-order valence-electron chi connectivity index (χ0n) is 15.1. The summed E-state index contributed by atoms with van der Waals surface area (Å²) in [4.78, 5) is 20.8. The number of amides is 1. The Kier molecular flexibility index (Phi) is 5.81. The fraction of sp³-hybridized carbons (Fsp3) is 0.526. The van der Waals surface area contributed by atoms with Crippen LogP contribution in [0, 0.1) is 0 Å². The van der Waals surface area contributed by atoms with Crippen LogP contribution >= 0.6 is 0 Å². The number of carbonyl (C=O) groups excluding carboxylic acids is 1. The van der Waals surface area contributed by atoms with Crippen LogP contribution in [0.25, 0.3) is 5.69 Å². The minimum Gasteiger partial charge on any atom is -0.340 e. The molecule has 0 unspecified atom stereocenters. The van der Waals surface area contributed by atoms with E-state index in [4.69, 9.17) is 0 Å². The van der Waals surface area contributed by atoms with Crippen molar-refractivity contribution < 1.29 is 4.79 Å². The van der Waals surface area contributed by atoms with Crippen LogP contribution in [-0.4, -0.2) is 63.7 Å². The third kappa shape index (κ3) is 4.45. The van der Waals surface area contributed by atoms with Gasteiger partial charge in [0.1, 0.15) is 12.7 Å². The number of hydrogen-bond donors (Lipinski definition) is 0. The monoisotopic (exact) mass is 341 g/mol. The van der Waals surface area contributed by atoms with E-state index in [0.29, 0.717) is 11.6 Å². The highest BCUT2D eigenvalue weighted by molar-refractivity contribution is 5.94. The standard InChI is InChI=1S/C19H27N5O/c1-22(17-6-4-3-5-7-17)12-13-23(2)19(25)16-8-10-18(11-9-16)24-15-20-14-21-24/h8-11,14-15,17H,3-7,12-13H2,1-2H3. The van der Waals surface area contributed by atoms with E-state index in [1.165, 1.54) is 38.4 Å². The molecule has 0 spiro atoms. The predicted molar refractivity (Wildman–Crippen MR) is 97.8 cm³/mol. The Morgan fingerprint density at radius 2 is 1.84 bits per heavy atom. The van der Waals surface area contributed by atoms with Crippen LogP contribution in [-0.2, 0) is 0 Å². The third-order valence-electron chi connectivity index (χ3n) is 5.13. The van der Waals surface area contributed by atoms with Crippen molar-refractivity contribution in [2.45, 2.75) is 38.1 Å². The average molecular weight is 341 g/mol. The Hall–Kier alpha value is -2.21. The lowest BCUT2D eigenvalue weighted by Gasteiger charge is -2.32. The molecule has 0 saturated heterocycles. The lowest BCUT2D eigenvalue weighted by Crippen LogP contribution is -2.40. The van der Waals surface area contributed by atoms with Crippen LogP contribution in [0.4, 0.5) is 0 Å². The van der Waals surface area contributed by atoms with Gasteiger partial charge in [0.05, 0.1) is 5.69 Å². The second-order valence-electron chi connectivity index (χ2n) is 6.89. The number of aromatic nitrogens is 3. The van der Waals surface area contributed by atoms with Gasteiger partial charge in [-0.2, -0.15) is 5.10 Å². The van der Waals surface area contributed by atoms with E-state index in [1.807, 2.05) is 36.2 Å². The van der Waals surface area contributed by atoms with Crippen LogP contribution in [0.5, 0.6) is 0 Å². The van der Waals surface area contributed by atoms with E-state index in [2.05, 4.69) is 22.0 Å². The molecule has 0 radical (unpaired) electrons. The molecule has 2 aromatic rings. The summed E-state index contributed by atoms with van der Waals surface area (Å²) in [5.41, 5.74) is 1.60. The molecule has 0 aliphatic heterocycles. The van der Waals surface area contributed by atoms with Crippen molar-refractivity contribution in [3.63, 3.8) is 0 Å². The Labute approximate surface area is 149 Å². The molecule has 1 heterocycles. The van der Waals surface area contributed by atoms with Crippen LogP contribution in [0.2, 0.25) is 0 Å². The first-order valence-corrected chi connectivity index (χ1v) is 9.06. The fourth-order valence-corrected chi connectivity index (χ4v) is 3.43. The van der Waals surface area contributed by atoms with Crippen LogP contribution in [0.15, 0.2) is 36.9 Å². The lowest BCUT2D eigenvalue weighted by molar-refractivity contribution is 0.0767. The molecule has 1 amide bonds. The number of nitrogens with zero attached hydrogens (tertiary/aromatic N) is 5. The van der Waals surface area contributed by atoms with Crippen LogP contribution < -0.4 is 0 Å². The number of carbonyl (C=O) groups is 1. The molecular weight excluding hydrogens is 314 g/mol. The number of likely N-dealkylation sites (N-methyl/N-ethyl adjacent to an activating group) is 2. The molecule has 1 aromatic carbocycles. The summed E-state index contributed by atoms with van der Waals surface area (Å²) in [5, 5.41) is 4.09. The van der Waals surface area contributed by atoms with Crippen molar-refractivity contribution >= 4 is 5.91 Å². The highest BCUT2D eigenvalue weighted by atomic mass is 16.2. The van der Waals surface area contributed by atoms with Crippen molar-refractivity contribution in [3.8, 4) is 5.69 Å². The Bertz CT molecular complexity index is 662. The highest BCUT2D eigenvalue weighted by Crippen LogP contribution is 2.21. The van der Waals surface area contributed by atoms with Gasteiger partial charge in [-0.3, -0.25) is 4.79 Å². The molecule has 1 aromatic heterocycles. The van der Waals surface area contributed by atoms with Gasteiger partial charge in [0.2, 0.25) is 0 Å². The van der Waals surface area contributed by atoms with E-state index < -0.39 is 0 Å². The fourth-order valence-electron chi connectivity index (χ4n) is 3.43. The zero-order chi connectivity index (χ0) is 17.6. The summed E-state index contributed by atoms with van der Waals surface area (Å²) in [7, 11) is 4.06. The van der Waals surface area contributed by atoms with Crippen molar-refractivity contribution in [2.75, 3.05) is 27.2 Å². The summed E-state index contributed by atoms with van der Waals surface area (Å²) in [6.45, 7) is 1.67. The summed E-state index contributed by atoms with van der Waals surface area (Å²) >= 11 is 0. The van der Waals surface area contributed by atoms with Gasteiger partial charge >= 0.3 is 0 Å². The molecular formula is C19H27N5O. The number of benzene rings is 1. The van der Waals surface area contributed by atoms with Gasteiger partial charge in [-0.25, -0.2) is 9.67 Å². The number of rotatable bonds is 6. The highest BCUT2D eigenvalue weighted by Gasteiger charge is 2.19. The maximum absolute atomic E-state index is 12.6. The Morgan fingerprint density at radius 3 is 2.48 bits per heavy atom. The first-order valence-electron chi connectivity index (χ1n) is 9.06. The largest absolute Gasteiger partial charge is 0.340 e. The van der Waals surface area contributed by atoms with E-state index in [9.17, 15) is 4.79 Å². The average Bonchev–Trinajstić information content (AvgIpc) is 3.21. The zero-order valence-corrected chi connectivity index (χ0v) is 15.1. The molecule has 1 aliphatic rings. The first kappa shape index (κ1) is 17.6. The van der Waals surface area contributed by atoms with E-state index in [-0.39, 0.29) is 5.91 Å². The maximum Gasteiger partial charge on any atom is 0.253 e. The van der Waals surface area contributed by atoms with Gasteiger partial charge in [0.25, 0.3) is 5.91 Å². The molecule has 3 rings (SSSR count). The van der Waals surface area contributed by atoms with Crippen molar-refractivity contribution in [1.82, 2.24) is 24.6 Å². The van der Waals surface area contributed by atoms with Crippen LogP contribution in [0.1, 0.15) is 42.5 Å². The second kappa shape index (κ2) is 8.25.